The predicted octanol–water partition coefficient (Wildman–Crippen LogP) is 16.6. The molecule has 0 fully saturated rings. The van der Waals surface area contributed by atoms with Crippen LogP contribution < -0.4 is 20.6 Å². The molecule has 0 saturated heterocycles. The molecule has 0 saturated carbocycles. The highest BCUT2D eigenvalue weighted by atomic mass is 15.2. The smallest absolute Gasteiger partial charge is 0.333 e. The second kappa shape index (κ2) is 14.6. The SMILES string of the molecule is CC(C)(C)c1ccc(N2B3c4ccc5c(c4N(c4ccc(C(C)(C)C)cc4-c4ccccc4)c4cc(C(C)(C)C)cc(c43)-c3cc4c(cc32)C(C)(C)CCC4(C)C)C(C)(C)c2ccccc2-5)cc1. The van der Waals surface area contributed by atoms with Gasteiger partial charge in [0.2, 0.25) is 0 Å². The van der Waals surface area contributed by atoms with Crippen molar-refractivity contribution < 1.29 is 0 Å². The molecule has 0 aromatic heterocycles. The normalized spacial score (nSPS) is 17.2. The van der Waals surface area contributed by atoms with Crippen molar-refractivity contribution in [2.45, 2.75) is 149 Å². The quantitative estimate of drug-likeness (QED) is 0.163. The van der Waals surface area contributed by atoms with Gasteiger partial charge >= 0.3 is 6.85 Å². The van der Waals surface area contributed by atoms with Crippen LogP contribution in [0.25, 0.3) is 33.4 Å². The molecule has 7 aromatic carbocycles. The maximum atomic E-state index is 2.76. The van der Waals surface area contributed by atoms with E-state index in [0.29, 0.717) is 0 Å². The second-order valence-electron chi connectivity index (χ2n) is 25.7. The van der Waals surface area contributed by atoms with Gasteiger partial charge in [-0.3, -0.25) is 0 Å². The number of nitrogens with zero attached hydrogens (tertiary/aromatic N) is 2. The summed E-state index contributed by atoms with van der Waals surface area (Å²) in [7, 11) is 0. The van der Waals surface area contributed by atoms with E-state index in [4.69, 9.17) is 0 Å². The van der Waals surface area contributed by atoms with Crippen molar-refractivity contribution in [2.75, 3.05) is 9.71 Å². The Morgan fingerprint density at radius 3 is 1.68 bits per heavy atom. The fourth-order valence-corrected chi connectivity index (χ4v) is 12.5. The second-order valence-corrected chi connectivity index (χ2v) is 25.7. The van der Waals surface area contributed by atoms with Crippen LogP contribution in [0.2, 0.25) is 0 Å². The first-order valence-electron chi connectivity index (χ1n) is 25.4. The number of hydrogen-bond acceptors (Lipinski definition) is 2. The zero-order valence-electron chi connectivity index (χ0n) is 43.6. The third kappa shape index (κ3) is 6.65. The minimum absolute atomic E-state index is 0.0304. The van der Waals surface area contributed by atoms with Crippen LogP contribution in [0.15, 0.2) is 133 Å². The van der Waals surface area contributed by atoms with E-state index in [9.17, 15) is 0 Å². The van der Waals surface area contributed by atoms with E-state index in [1.807, 2.05) is 0 Å². The summed E-state index contributed by atoms with van der Waals surface area (Å²) in [6, 6.07) is 52.8. The summed E-state index contributed by atoms with van der Waals surface area (Å²) >= 11 is 0. The Kier molecular flexibility index (Phi) is 9.61. The van der Waals surface area contributed by atoms with Crippen LogP contribution in [-0.2, 0) is 32.5 Å². The molecular weight excluding hydrogens is 820 g/mol. The number of benzene rings is 7. The summed E-state index contributed by atoms with van der Waals surface area (Å²) in [6.07, 6.45) is 2.34. The van der Waals surface area contributed by atoms with E-state index in [1.165, 1.54) is 125 Å². The summed E-state index contributed by atoms with van der Waals surface area (Å²) in [5, 5.41) is 0. The molecule has 2 nitrogen and oxygen atoms in total. The first kappa shape index (κ1) is 44.7. The first-order chi connectivity index (χ1) is 31.9. The Morgan fingerprint density at radius 2 is 1.03 bits per heavy atom. The molecule has 0 N–H and O–H groups in total. The van der Waals surface area contributed by atoms with Gasteiger partial charge in [0.15, 0.2) is 0 Å². The van der Waals surface area contributed by atoms with Crippen molar-refractivity contribution in [1.82, 2.24) is 0 Å². The molecule has 68 heavy (non-hydrogen) atoms. The molecule has 344 valence electrons. The van der Waals surface area contributed by atoms with E-state index >= 15 is 0 Å². The lowest BCUT2D eigenvalue weighted by atomic mass is 9.42. The lowest BCUT2D eigenvalue weighted by molar-refractivity contribution is 0.332. The standard InChI is InChI=1S/C65H71BN2/c1-60(2,3)41-25-28-44(29-26-41)68-55-39-52-51(63(10,11)33-34-64(52,12)13)38-48(55)49-36-43(62(7,8)9)37-56-58(49)66(68)53-31-30-46-45-23-19-20-24-50(45)65(14,15)57(46)59(53)67(56)54-32-27-42(61(4,5)6)35-47(54)40-21-17-16-18-22-40/h16-32,35-39H,33-34H2,1-15H3. The predicted molar refractivity (Wildman–Crippen MR) is 295 cm³/mol. The lowest BCUT2D eigenvalue weighted by Gasteiger charge is -2.49. The van der Waals surface area contributed by atoms with Crippen LogP contribution in [0.4, 0.5) is 28.4 Å². The maximum absolute atomic E-state index is 2.76. The van der Waals surface area contributed by atoms with E-state index in [1.54, 1.807) is 0 Å². The van der Waals surface area contributed by atoms with E-state index in [2.05, 4.69) is 247 Å². The Hall–Kier alpha value is -5.80. The minimum atomic E-state index is -0.268. The van der Waals surface area contributed by atoms with Crippen LogP contribution in [0.3, 0.4) is 0 Å². The van der Waals surface area contributed by atoms with E-state index in [-0.39, 0.29) is 39.3 Å². The van der Waals surface area contributed by atoms with Crippen LogP contribution in [0, 0.1) is 0 Å². The summed E-state index contributed by atoms with van der Waals surface area (Å²) in [6.45, 7) is 36.0. The van der Waals surface area contributed by atoms with Crippen molar-refractivity contribution in [1.29, 1.82) is 0 Å². The third-order valence-corrected chi connectivity index (χ3v) is 16.8. The molecule has 0 unspecified atom stereocenters. The molecule has 0 radical (unpaired) electrons. The maximum Gasteiger partial charge on any atom is 0.333 e. The molecule has 2 heterocycles. The van der Waals surface area contributed by atoms with Crippen LogP contribution in [-0.4, -0.2) is 6.85 Å². The van der Waals surface area contributed by atoms with Gasteiger partial charge in [0.05, 0.1) is 5.69 Å². The highest BCUT2D eigenvalue weighted by Gasteiger charge is 2.51. The summed E-state index contributed by atoms with van der Waals surface area (Å²) < 4.78 is 0. The molecule has 11 rings (SSSR count). The van der Waals surface area contributed by atoms with Gasteiger partial charge in [0.25, 0.3) is 0 Å². The molecule has 0 amide bonds. The molecule has 2 aliphatic carbocycles. The van der Waals surface area contributed by atoms with Gasteiger partial charge < -0.3 is 9.71 Å². The Bertz CT molecular complexity index is 3200. The zero-order chi connectivity index (χ0) is 48.2. The molecular formula is C65H71BN2. The van der Waals surface area contributed by atoms with Gasteiger partial charge in [-0.2, -0.15) is 0 Å². The Labute approximate surface area is 409 Å². The fourth-order valence-electron chi connectivity index (χ4n) is 12.5. The molecule has 4 aliphatic rings. The van der Waals surface area contributed by atoms with Crippen molar-refractivity contribution in [3.8, 4) is 33.4 Å². The van der Waals surface area contributed by atoms with Gasteiger partial charge in [0.1, 0.15) is 0 Å². The van der Waals surface area contributed by atoms with Gasteiger partial charge in [-0.1, -0.05) is 195 Å². The number of rotatable bonds is 3. The molecule has 0 spiro atoms. The topological polar surface area (TPSA) is 6.48 Å². The fraction of sp³-hybridized carbons (Fsp3) is 0.354. The minimum Gasteiger partial charge on any atom is -0.376 e. The number of anilines is 5. The molecule has 0 atom stereocenters. The molecule has 7 aromatic rings. The van der Waals surface area contributed by atoms with Crippen LogP contribution in [0.1, 0.15) is 156 Å². The highest BCUT2D eigenvalue weighted by Crippen LogP contribution is 2.58. The molecule has 0 bridgehead atoms. The monoisotopic (exact) mass is 891 g/mol. The highest BCUT2D eigenvalue weighted by molar-refractivity contribution is 6.93. The van der Waals surface area contributed by atoms with Crippen molar-refractivity contribution in [2.24, 2.45) is 0 Å². The average molecular weight is 891 g/mol. The average Bonchev–Trinajstić information content (AvgIpc) is 3.52. The number of fused-ring (bicyclic) bond motifs is 9. The Balaban J connectivity index is 1.33. The summed E-state index contributed by atoms with van der Waals surface area (Å²) in [4.78, 5) is 5.51. The van der Waals surface area contributed by atoms with Gasteiger partial charge in [-0.15, -0.1) is 0 Å². The van der Waals surface area contributed by atoms with E-state index < -0.39 is 0 Å². The summed E-state index contributed by atoms with van der Waals surface area (Å²) in [5.41, 5.74) is 26.5. The largest absolute Gasteiger partial charge is 0.376 e. The van der Waals surface area contributed by atoms with Crippen molar-refractivity contribution >= 4 is 46.2 Å². The van der Waals surface area contributed by atoms with Crippen LogP contribution >= 0.6 is 0 Å². The van der Waals surface area contributed by atoms with Crippen molar-refractivity contribution in [3.63, 3.8) is 0 Å². The number of hydrogen-bond donors (Lipinski definition) is 0. The van der Waals surface area contributed by atoms with Crippen LogP contribution in [0.5, 0.6) is 0 Å². The van der Waals surface area contributed by atoms with Crippen molar-refractivity contribution in [3.05, 3.63) is 172 Å². The first-order valence-corrected chi connectivity index (χ1v) is 25.4. The van der Waals surface area contributed by atoms with E-state index in [0.717, 1.165) is 0 Å². The van der Waals surface area contributed by atoms with Gasteiger partial charge in [-0.05, 0) is 155 Å². The molecule has 3 heteroatoms. The molecule has 2 aliphatic heterocycles. The summed E-state index contributed by atoms with van der Waals surface area (Å²) in [5.74, 6) is 0. The van der Waals surface area contributed by atoms with Gasteiger partial charge in [-0.25, -0.2) is 0 Å². The third-order valence-electron chi connectivity index (χ3n) is 16.8. The Morgan fingerprint density at radius 1 is 0.441 bits per heavy atom. The zero-order valence-corrected chi connectivity index (χ0v) is 43.6. The van der Waals surface area contributed by atoms with Gasteiger partial charge in [0, 0.05) is 39.3 Å². The lowest BCUT2D eigenvalue weighted by Crippen LogP contribution is -2.62.